The summed E-state index contributed by atoms with van der Waals surface area (Å²) in [7, 11) is 0. The average Bonchev–Trinajstić information content (AvgIpc) is 3.41. The zero-order valence-corrected chi connectivity index (χ0v) is 21.5. The van der Waals surface area contributed by atoms with E-state index in [-0.39, 0.29) is 17.9 Å². The maximum atomic E-state index is 13.7. The maximum absolute atomic E-state index is 13.7. The molecule has 1 N–H and O–H groups in total. The number of carbonyl (C=O) groups is 1. The largest absolute Gasteiger partial charge is 0.352 e. The minimum Gasteiger partial charge on any atom is -0.352 e. The molecule has 36 heavy (non-hydrogen) atoms. The van der Waals surface area contributed by atoms with Crippen molar-refractivity contribution in [2.24, 2.45) is 0 Å². The number of hydrogen-bond donors (Lipinski definition) is 1. The highest BCUT2D eigenvalue weighted by molar-refractivity contribution is 7.15. The molecule has 0 aliphatic carbocycles. The first-order chi connectivity index (χ1) is 17.3. The van der Waals surface area contributed by atoms with Gasteiger partial charge in [-0.2, -0.15) is 5.10 Å². The van der Waals surface area contributed by atoms with Gasteiger partial charge in [-0.15, -0.1) is 11.3 Å². The van der Waals surface area contributed by atoms with Crippen LogP contribution in [0.25, 0.3) is 21.9 Å². The van der Waals surface area contributed by atoms with Crippen molar-refractivity contribution in [1.29, 1.82) is 0 Å². The normalized spacial score (nSPS) is 11.2. The molecule has 0 unspecified atom stereocenters. The van der Waals surface area contributed by atoms with Gasteiger partial charge in [0.15, 0.2) is 4.96 Å². The summed E-state index contributed by atoms with van der Waals surface area (Å²) in [6, 6.07) is 17.9. The van der Waals surface area contributed by atoms with Crippen molar-refractivity contribution in [2.45, 2.75) is 40.7 Å². The lowest BCUT2D eigenvalue weighted by atomic mass is 10.1. The van der Waals surface area contributed by atoms with Crippen LogP contribution in [-0.4, -0.2) is 25.1 Å². The van der Waals surface area contributed by atoms with E-state index in [9.17, 15) is 9.59 Å². The molecule has 0 aliphatic rings. The predicted molar refractivity (Wildman–Crippen MR) is 143 cm³/mol. The fourth-order valence-corrected chi connectivity index (χ4v) is 5.36. The van der Waals surface area contributed by atoms with Gasteiger partial charge < -0.3 is 5.32 Å². The number of thiazole rings is 1. The summed E-state index contributed by atoms with van der Waals surface area (Å²) in [6.07, 6.45) is 0.0902. The van der Waals surface area contributed by atoms with Crippen LogP contribution >= 0.6 is 11.3 Å². The summed E-state index contributed by atoms with van der Waals surface area (Å²) < 4.78 is 3.41. The molecule has 0 bridgehead atoms. The van der Waals surface area contributed by atoms with Gasteiger partial charge in [0.1, 0.15) is 5.69 Å². The van der Waals surface area contributed by atoms with Crippen molar-refractivity contribution in [3.8, 4) is 16.9 Å². The second-order valence-electron chi connectivity index (χ2n) is 9.03. The first-order valence-corrected chi connectivity index (χ1v) is 12.6. The Labute approximate surface area is 213 Å². The van der Waals surface area contributed by atoms with Gasteiger partial charge in [0.05, 0.1) is 23.4 Å². The van der Waals surface area contributed by atoms with E-state index in [1.54, 1.807) is 4.40 Å². The number of nitrogens with one attached hydrogen (secondary N) is 1. The van der Waals surface area contributed by atoms with Crippen LogP contribution in [0.3, 0.4) is 0 Å². The number of fused-ring (bicyclic) bond motifs is 1. The minimum absolute atomic E-state index is 0.0902. The Balaban J connectivity index is 1.49. The number of aryl methyl sites for hydroxylation is 4. The molecule has 0 atom stereocenters. The Morgan fingerprint density at radius 1 is 1.03 bits per heavy atom. The highest BCUT2D eigenvalue weighted by atomic mass is 32.1. The molecule has 0 saturated heterocycles. The third kappa shape index (κ3) is 4.47. The van der Waals surface area contributed by atoms with Crippen molar-refractivity contribution >= 4 is 22.2 Å². The number of nitrogens with zero attached hydrogens (tertiary/aromatic N) is 4. The molecule has 2 aromatic carbocycles. The van der Waals surface area contributed by atoms with E-state index in [2.05, 4.69) is 36.3 Å². The lowest BCUT2D eigenvalue weighted by molar-refractivity contribution is -0.120. The molecule has 5 aromatic rings. The van der Waals surface area contributed by atoms with Crippen LogP contribution in [-0.2, 0) is 17.8 Å². The molecular weight excluding hydrogens is 470 g/mol. The Kier molecular flexibility index (Phi) is 6.28. The minimum atomic E-state index is -0.213. The van der Waals surface area contributed by atoms with Crippen molar-refractivity contribution in [3.63, 3.8) is 0 Å². The highest BCUT2D eigenvalue weighted by Crippen LogP contribution is 2.25. The first kappa shape index (κ1) is 23.7. The summed E-state index contributed by atoms with van der Waals surface area (Å²) in [5.74, 6) is -0.150. The Bertz CT molecular complexity index is 1650. The van der Waals surface area contributed by atoms with Gasteiger partial charge in [0.2, 0.25) is 5.91 Å². The fourth-order valence-electron chi connectivity index (χ4n) is 4.43. The summed E-state index contributed by atoms with van der Waals surface area (Å²) in [4.78, 5) is 31.6. The van der Waals surface area contributed by atoms with E-state index in [1.165, 1.54) is 16.9 Å². The summed E-state index contributed by atoms with van der Waals surface area (Å²) in [6.45, 7) is 8.35. The molecule has 5 rings (SSSR count). The lowest BCUT2D eigenvalue weighted by Crippen LogP contribution is -2.27. The number of aromatic nitrogens is 4. The zero-order valence-electron chi connectivity index (χ0n) is 20.7. The van der Waals surface area contributed by atoms with Crippen molar-refractivity contribution in [3.05, 3.63) is 104 Å². The molecule has 1 amide bonds. The predicted octanol–water partition coefficient (Wildman–Crippen LogP) is 4.70. The maximum Gasteiger partial charge on any atom is 0.268 e. The molecule has 0 aliphatic heterocycles. The Hall–Kier alpha value is -4.04. The standard InChI is InChI=1S/C28H27N5O2S/c1-17-10-11-24(18(2)12-17)33-19(3)13-23(31-33)26-20(4)30-28-32(27(26)35)22(16-36-28)14-25(34)29-15-21-8-6-5-7-9-21/h5-13,16H,14-15H2,1-4H3,(H,29,34). The molecule has 182 valence electrons. The molecule has 3 heterocycles. The van der Waals surface area contributed by atoms with Gasteiger partial charge in [0, 0.05) is 23.3 Å². The molecule has 8 heteroatoms. The van der Waals surface area contributed by atoms with Crippen molar-refractivity contribution in [2.75, 3.05) is 0 Å². The molecule has 0 radical (unpaired) electrons. The fraction of sp³-hybridized carbons (Fsp3) is 0.214. The van der Waals surface area contributed by atoms with Crippen molar-refractivity contribution in [1.82, 2.24) is 24.5 Å². The number of carbonyl (C=O) groups excluding carboxylic acids is 1. The van der Waals surface area contributed by atoms with Crippen molar-refractivity contribution < 1.29 is 4.79 Å². The topological polar surface area (TPSA) is 81.3 Å². The van der Waals surface area contributed by atoms with Crippen LogP contribution in [0.15, 0.2) is 64.8 Å². The van der Waals surface area contributed by atoms with Crippen LogP contribution in [0.2, 0.25) is 0 Å². The molecule has 3 aromatic heterocycles. The van der Waals surface area contributed by atoms with Gasteiger partial charge in [-0.25, -0.2) is 9.67 Å². The molecule has 0 fully saturated rings. The van der Waals surface area contributed by atoms with E-state index in [0.717, 1.165) is 22.5 Å². The number of rotatable bonds is 6. The third-order valence-electron chi connectivity index (χ3n) is 6.22. The van der Waals surface area contributed by atoms with Crippen LogP contribution in [0.1, 0.15) is 33.8 Å². The second-order valence-corrected chi connectivity index (χ2v) is 9.87. The van der Waals surface area contributed by atoms with Gasteiger partial charge in [-0.05, 0) is 51.0 Å². The van der Waals surface area contributed by atoms with Gasteiger partial charge in [0.25, 0.3) is 5.56 Å². The van der Waals surface area contributed by atoms with E-state index < -0.39 is 0 Å². The van der Waals surface area contributed by atoms with E-state index in [0.29, 0.717) is 34.2 Å². The molecular formula is C28H27N5O2S. The average molecular weight is 498 g/mol. The molecule has 7 nitrogen and oxygen atoms in total. The quantitative estimate of drug-likeness (QED) is 0.369. The first-order valence-electron chi connectivity index (χ1n) is 11.8. The van der Waals surface area contributed by atoms with E-state index >= 15 is 0 Å². The van der Waals surface area contributed by atoms with Gasteiger partial charge in [-0.1, -0.05) is 48.0 Å². The monoisotopic (exact) mass is 497 g/mol. The summed E-state index contributed by atoms with van der Waals surface area (Å²) >= 11 is 1.36. The Morgan fingerprint density at radius 3 is 2.56 bits per heavy atom. The number of hydrogen-bond acceptors (Lipinski definition) is 5. The van der Waals surface area contributed by atoms with Crippen LogP contribution in [0, 0.1) is 27.7 Å². The summed E-state index contributed by atoms with van der Waals surface area (Å²) in [5.41, 5.74) is 7.25. The van der Waals surface area contributed by atoms with E-state index in [1.807, 2.05) is 66.4 Å². The zero-order chi connectivity index (χ0) is 25.4. The Morgan fingerprint density at radius 2 is 1.81 bits per heavy atom. The van der Waals surface area contributed by atoms with Crippen LogP contribution in [0.4, 0.5) is 0 Å². The smallest absolute Gasteiger partial charge is 0.268 e. The van der Waals surface area contributed by atoms with Crippen LogP contribution in [0.5, 0.6) is 0 Å². The molecule has 0 saturated carbocycles. The van der Waals surface area contributed by atoms with E-state index in [4.69, 9.17) is 5.10 Å². The number of benzene rings is 2. The summed E-state index contributed by atoms with van der Waals surface area (Å²) in [5, 5.41) is 9.55. The number of amides is 1. The SMILES string of the molecule is Cc1ccc(-n2nc(-c3c(C)nc4scc(CC(=O)NCc5ccccc5)n4c3=O)cc2C)c(C)c1. The third-order valence-corrected chi connectivity index (χ3v) is 7.09. The molecule has 0 spiro atoms. The van der Waals surface area contributed by atoms with Gasteiger partial charge >= 0.3 is 0 Å². The van der Waals surface area contributed by atoms with Gasteiger partial charge in [-0.3, -0.25) is 14.0 Å². The van der Waals surface area contributed by atoms with Crippen LogP contribution < -0.4 is 10.9 Å². The highest BCUT2D eigenvalue weighted by Gasteiger charge is 2.20. The lowest BCUT2D eigenvalue weighted by Gasteiger charge is -2.09. The second kappa shape index (κ2) is 9.54.